The highest BCUT2D eigenvalue weighted by atomic mass is 16.6. The van der Waals surface area contributed by atoms with Crippen LogP contribution in [-0.2, 0) is 9.47 Å². The van der Waals surface area contributed by atoms with Crippen molar-refractivity contribution in [2.45, 2.75) is 55.8 Å². The molecule has 0 amide bonds. The molecule has 4 unspecified atom stereocenters. The Morgan fingerprint density at radius 3 is 2.89 bits per heavy atom. The van der Waals surface area contributed by atoms with Gasteiger partial charge < -0.3 is 14.6 Å². The number of aliphatic hydroxyl groups is 1. The molecule has 0 aromatic rings. The summed E-state index contributed by atoms with van der Waals surface area (Å²) >= 11 is 0. The van der Waals surface area contributed by atoms with Gasteiger partial charge in [-0.15, -0.1) is 0 Å². The zero-order chi connectivity index (χ0) is 12.9. The smallest absolute Gasteiger partial charge is 0.0940 e. The van der Waals surface area contributed by atoms with Crippen LogP contribution in [0.25, 0.3) is 0 Å². The van der Waals surface area contributed by atoms with Gasteiger partial charge in [0.2, 0.25) is 0 Å². The summed E-state index contributed by atoms with van der Waals surface area (Å²) in [6, 6.07) is 0.412. The van der Waals surface area contributed by atoms with Crippen molar-refractivity contribution in [1.82, 2.24) is 4.90 Å². The summed E-state index contributed by atoms with van der Waals surface area (Å²) in [5.74, 6) is 0.399. The lowest BCUT2D eigenvalue weighted by atomic mass is 9.71. The lowest BCUT2D eigenvalue weighted by Gasteiger charge is -2.45. The Labute approximate surface area is 115 Å². The number of hydrogen-bond donors (Lipinski definition) is 1. The van der Waals surface area contributed by atoms with Crippen LogP contribution in [0.4, 0.5) is 0 Å². The molecule has 4 atom stereocenters. The zero-order valence-electron chi connectivity index (χ0n) is 11.6. The topological polar surface area (TPSA) is 41.9 Å². The van der Waals surface area contributed by atoms with E-state index in [0.717, 1.165) is 52.0 Å². The van der Waals surface area contributed by atoms with Crippen LogP contribution < -0.4 is 0 Å². The summed E-state index contributed by atoms with van der Waals surface area (Å²) in [6.45, 7) is 4.62. The van der Waals surface area contributed by atoms with Crippen molar-refractivity contribution >= 4 is 0 Å². The summed E-state index contributed by atoms with van der Waals surface area (Å²) in [6.07, 6.45) is 6.41. The first-order valence-electron chi connectivity index (χ1n) is 7.90. The molecule has 0 radical (unpaired) electrons. The third-order valence-electron chi connectivity index (χ3n) is 6.01. The Morgan fingerprint density at radius 1 is 1.11 bits per heavy atom. The highest BCUT2D eigenvalue weighted by molar-refractivity contribution is 5.08. The molecule has 4 fully saturated rings. The maximum atomic E-state index is 11.3. The fourth-order valence-electron chi connectivity index (χ4n) is 4.94. The van der Waals surface area contributed by atoms with Gasteiger partial charge in [-0.2, -0.15) is 0 Å². The third kappa shape index (κ3) is 1.88. The number of ether oxygens (including phenoxy) is 2. The molecule has 1 N–H and O–H groups in total. The molecule has 0 aromatic heterocycles. The van der Waals surface area contributed by atoms with Crippen molar-refractivity contribution in [1.29, 1.82) is 0 Å². The molecular weight excluding hydrogens is 242 g/mol. The monoisotopic (exact) mass is 267 g/mol. The number of nitrogens with zero attached hydrogens (tertiary/aromatic N) is 1. The SMILES string of the molecule is OC1(C2CCOC3(CCOC3)C2)CCN2CCCC21. The Morgan fingerprint density at radius 2 is 2.05 bits per heavy atom. The van der Waals surface area contributed by atoms with E-state index in [-0.39, 0.29) is 5.60 Å². The largest absolute Gasteiger partial charge is 0.388 e. The molecule has 4 aliphatic rings. The van der Waals surface area contributed by atoms with Crippen LogP contribution in [0, 0.1) is 5.92 Å². The molecule has 108 valence electrons. The zero-order valence-corrected chi connectivity index (χ0v) is 11.6. The average molecular weight is 267 g/mol. The minimum Gasteiger partial charge on any atom is -0.388 e. The van der Waals surface area contributed by atoms with Gasteiger partial charge in [0, 0.05) is 32.2 Å². The Balaban J connectivity index is 1.54. The highest BCUT2D eigenvalue weighted by Crippen LogP contribution is 2.47. The molecule has 0 bridgehead atoms. The van der Waals surface area contributed by atoms with E-state index >= 15 is 0 Å². The van der Waals surface area contributed by atoms with E-state index in [1.165, 1.54) is 19.4 Å². The second kappa shape index (κ2) is 4.42. The third-order valence-corrected chi connectivity index (χ3v) is 6.01. The first-order chi connectivity index (χ1) is 9.22. The van der Waals surface area contributed by atoms with Gasteiger partial charge in [0.25, 0.3) is 0 Å². The second-order valence-electron chi connectivity index (χ2n) is 6.96. The average Bonchev–Trinajstić information content (AvgIpc) is 3.10. The summed E-state index contributed by atoms with van der Waals surface area (Å²) in [4.78, 5) is 2.51. The summed E-state index contributed by atoms with van der Waals surface area (Å²) in [5.41, 5.74) is -0.541. The summed E-state index contributed by atoms with van der Waals surface area (Å²) < 4.78 is 11.6. The van der Waals surface area contributed by atoms with Gasteiger partial charge in [-0.3, -0.25) is 4.90 Å². The van der Waals surface area contributed by atoms with E-state index in [4.69, 9.17) is 9.47 Å². The van der Waals surface area contributed by atoms with Crippen molar-refractivity contribution < 1.29 is 14.6 Å². The normalized spacial score (nSPS) is 51.0. The predicted octanol–water partition coefficient (Wildman–Crippen LogP) is 1.17. The number of fused-ring (bicyclic) bond motifs is 1. The van der Waals surface area contributed by atoms with Gasteiger partial charge in [0.15, 0.2) is 0 Å². The van der Waals surface area contributed by atoms with Crippen molar-refractivity contribution in [3.05, 3.63) is 0 Å². The lowest BCUT2D eigenvalue weighted by Crippen LogP contribution is -2.53. The molecule has 4 rings (SSSR count). The minimum absolute atomic E-state index is 0.0787. The molecule has 4 heterocycles. The molecule has 1 spiro atoms. The molecule has 4 saturated heterocycles. The van der Waals surface area contributed by atoms with E-state index in [0.29, 0.717) is 12.0 Å². The predicted molar refractivity (Wildman–Crippen MR) is 71.0 cm³/mol. The van der Waals surface area contributed by atoms with Crippen LogP contribution >= 0.6 is 0 Å². The Hall–Kier alpha value is -0.160. The van der Waals surface area contributed by atoms with Gasteiger partial charge in [0.05, 0.1) is 17.8 Å². The van der Waals surface area contributed by atoms with E-state index < -0.39 is 5.60 Å². The molecule has 0 saturated carbocycles. The van der Waals surface area contributed by atoms with E-state index in [9.17, 15) is 5.11 Å². The van der Waals surface area contributed by atoms with Gasteiger partial charge >= 0.3 is 0 Å². The van der Waals surface area contributed by atoms with Crippen LogP contribution in [0.3, 0.4) is 0 Å². The number of rotatable bonds is 1. The van der Waals surface area contributed by atoms with Crippen molar-refractivity contribution in [2.75, 3.05) is 32.9 Å². The first kappa shape index (κ1) is 12.6. The molecule has 19 heavy (non-hydrogen) atoms. The summed E-state index contributed by atoms with van der Waals surface area (Å²) in [5, 5.41) is 11.3. The van der Waals surface area contributed by atoms with Crippen LogP contribution in [0.15, 0.2) is 0 Å². The molecule has 4 nitrogen and oxygen atoms in total. The van der Waals surface area contributed by atoms with Gasteiger partial charge in [0.1, 0.15) is 0 Å². The minimum atomic E-state index is -0.462. The maximum absolute atomic E-state index is 11.3. The van der Waals surface area contributed by atoms with Crippen molar-refractivity contribution in [2.24, 2.45) is 5.92 Å². The lowest BCUT2D eigenvalue weighted by molar-refractivity contribution is -0.148. The quantitative estimate of drug-likeness (QED) is 0.774. The van der Waals surface area contributed by atoms with Gasteiger partial charge in [-0.1, -0.05) is 0 Å². The molecule has 0 aromatic carbocycles. The van der Waals surface area contributed by atoms with Crippen LogP contribution in [0.5, 0.6) is 0 Å². The van der Waals surface area contributed by atoms with Crippen LogP contribution in [0.1, 0.15) is 38.5 Å². The van der Waals surface area contributed by atoms with E-state index in [1.54, 1.807) is 0 Å². The van der Waals surface area contributed by atoms with Crippen LogP contribution in [0.2, 0.25) is 0 Å². The fraction of sp³-hybridized carbons (Fsp3) is 1.00. The van der Waals surface area contributed by atoms with Gasteiger partial charge in [-0.25, -0.2) is 0 Å². The maximum Gasteiger partial charge on any atom is 0.0940 e. The second-order valence-corrected chi connectivity index (χ2v) is 6.96. The van der Waals surface area contributed by atoms with E-state index in [2.05, 4.69) is 4.90 Å². The highest BCUT2D eigenvalue weighted by Gasteiger charge is 2.55. The van der Waals surface area contributed by atoms with Crippen LogP contribution in [-0.4, -0.2) is 60.2 Å². The number of hydrogen-bond acceptors (Lipinski definition) is 4. The Bertz CT molecular complexity index is 355. The summed E-state index contributed by atoms with van der Waals surface area (Å²) in [7, 11) is 0. The molecule has 4 heteroatoms. The fourth-order valence-corrected chi connectivity index (χ4v) is 4.94. The standard InChI is InChI=1S/C15H25NO3/c17-15(4-7-16-6-1-2-13(15)16)12-3-8-19-14(10-12)5-9-18-11-14/h12-13,17H,1-11H2. The first-order valence-corrected chi connectivity index (χ1v) is 7.90. The Kier molecular flexibility index (Phi) is 2.92. The van der Waals surface area contributed by atoms with E-state index in [1.807, 2.05) is 0 Å². The molecule has 4 aliphatic heterocycles. The van der Waals surface area contributed by atoms with Crippen molar-refractivity contribution in [3.63, 3.8) is 0 Å². The van der Waals surface area contributed by atoms with Gasteiger partial charge in [-0.05, 0) is 44.6 Å². The molecule has 0 aliphatic carbocycles. The van der Waals surface area contributed by atoms with Crippen molar-refractivity contribution in [3.8, 4) is 0 Å². The molecular formula is C15H25NO3.